The summed E-state index contributed by atoms with van der Waals surface area (Å²) in [5.74, 6) is 0.00505. The molecule has 5 nitrogen and oxygen atoms in total. The van der Waals surface area contributed by atoms with Crippen molar-refractivity contribution in [2.75, 3.05) is 13.2 Å². The van der Waals surface area contributed by atoms with Gasteiger partial charge in [0.05, 0.1) is 0 Å². The Balaban J connectivity index is 2.24. The van der Waals surface area contributed by atoms with E-state index in [4.69, 9.17) is 39.5 Å². The Labute approximate surface area is 198 Å². The topological polar surface area (TPSA) is 58.6 Å². The zero-order valence-corrected chi connectivity index (χ0v) is 20.2. The van der Waals surface area contributed by atoms with Gasteiger partial charge in [-0.25, -0.2) is 0 Å². The van der Waals surface area contributed by atoms with Crippen LogP contribution in [0, 0.1) is 6.92 Å². The molecule has 0 aliphatic rings. The van der Waals surface area contributed by atoms with Crippen molar-refractivity contribution in [3.05, 3.63) is 62.6 Å². The van der Waals surface area contributed by atoms with Crippen molar-refractivity contribution in [1.82, 2.24) is 10.2 Å². The lowest BCUT2D eigenvalue weighted by molar-refractivity contribution is -0.143. The second-order valence-electron chi connectivity index (χ2n) is 7.17. The lowest BCUT2D eigenvalue weighted by Gasteiger charge is -2.31. The average molecular weight is 486 g/mol. The molecule has 168 valence electrons. The zero-order valence-electron chi connectivity index (χ0n) is 17.9. The van der Waals surface area contributed by atoms with E-state index in [0.29, 0.717) is 39.3 Å². The molecule has 0 aromatic heterocycles. The van der Waals surface area contributed by atoms with Gasteiger partial charge in [-0.2, -0.15) is 0 Å². The minimum atomic E-state index is -0.652. The van der Waals surface area contributed by atoms with Gasteiger partial charge < -0.3 is 15.0 Å². The number of hydrogen-bond acceptors (Lipinski definition) is 3. The molecule has 0 unspecified atom stereocenters. The maximum atomic E-state index is 13.2. The molecule has 0 heterocycles. The van der Waals surface area contributed by atoms with Gasteiger partial charge in [-0.15, -0.1) is 0 Å². The van der Waals surface area contributed by atoms with Crippen LogP contribution < -0.4 is 10.1 Å². The molecule has 2 aromatic carbocycles. The van der Waals surface area contributed by atoms with Crippen molar-refractivity contribution in [3.8, 4) is 5.75 Å². The molecule has 2 amide bonds. The molecule has 0 fully saturated rings. The van der Waals surface area contributed by atoms with Crippen LogP contribution in [-0.2, 0) is 16.1 Å². The van der Waals surface area contributed by atoms with E-state index >= 15 is 0 Å². The van der Waals surface area contributed by atoms with Crippen LogP contribution >= 0.6 is 34.8 Å². The van der Waals surface area contributed by atoms with E-state index in [2.05, 4.69) is 5.32 Å². The first-order chi connectivity index (χ1) is 14.8. The number of carbonyl (C=O) groups excluding carboxylic acids is 2. The predicted molar refractivity (Wildman–Crippen MR) is 126 cm³/mol. The summed E-state index contributed by atoms with van der Waals surface area (Å²) in [4.78, 5) is 27.4. The molecule has 0 aliphatic heterocycles. The fourth-order valence-electron chi connectivity index (χ4n) is 3.05. The minimum absolute atomic E-state index is 0.163. The summed E-state index contributed by atoms with van der Waals surface area (Å²) >= 11 is 18.4. The Morgan fingerprint density at radius 3 is 2.42 bits per heavy atom. The fraction of sp³-hybridized carbons (Fsp3) is 0.391. The van der Waals surface area contributed by atoms with Gasteiger partial charge in [-0.1, -0.05) is 54.7 Å². The molecule has 1 atom stereocenters. The molecule has 2 aromatic rings. The summed E-state index contributed by atoms with van der Waals surface area (Å²) in [5.41, 5.74) is 1.55. The first-order valence-corrected chi connectivity index (χ1v) is 11.3. The van der Waals surface area contributed by atoms with E-state index in [9.17, 15) is 9.59 Å². The Morgan fingerprint density at radius 1 is 1.06 bits per heavy atom. The molecule has 0 bridgehead atoms. The van der Waals surface area contributed by atoms with Gasteiger partial charge in [-0.05, 0) is 61.2 Å². The lowest BCUT2D eigenvalue weighted by atomic mass is 10.1. The van der Waals surface area contributed by atoms with Crippen molar-refractivity contribution in [2.45, 2.75) is 46.2 Å². The number of ether oxygens (including phenoxy) is 1. The number of rotatable bonds is 10. The second-order valence-corrected chi connectivity index (χ2v) is 8.42. The van der Waals surface area contributed by atoms with E-state index in [-0.39, 0.29) is 25.0 Å². The van der Waals surface area contributed by atoms with Gasteiger partial charge >= 0.3 is 0 Å². The van der Waals surface area contributed by atoms with E-state index < -0.39 is 6.04 Å². The normalized spacial score (nSPS) is 11.7. The highest BCUT2D eigenvalue weighted by atomic mass is 35.5. The quantitative estimate of drug-likeness (QED) is 0.472. The van der Waals surface area contributed by atoms with Gasteiger partial charge in [0.15, 0.2) is 6.61 Å². The highest BCUT2D eigenvalue weighted by Gasteiger charge is 2.29. The average Bonchev–Trinajstić information content (AvgIpc) is 2.74. The Kier molecular flexibility index (Phi) is 9.94. The van der Waals surface area contributed by atoms with E-state index in [1.165, 1.54) is 4.90 Å². The molecule has 0 spiro atoms. The van der Waals surface area contributed by atoms with Crippen LogP contribution in [0.15, 0.2) is 36.4 Å². The van der Waals surface area contributed by atoms with Crippen LogP contribution in [0.4, 0.5) is 0 Å². The third-order valence-corrected chi connectivity index (χ3v) is 5.79. The fourth-order valence-corrected chi connectivity index (χ4v) is 3.64. The molecule has 2 rings (SSSR count). The van der Waals surface area contributed by atoms with Crippen LogP contribution in [0.1, 0.15) is 37.8 Å². The predicted octanol–water partition coefficient (Wildman–Crippen LogP) is 5.67. The van der Waals surface area contributed by atoms with E-state index in [1.54, 1.807) is 36.4 Å². The summed E-state index contributed by atoms with van der Waals surface area (Å²) < 4.78 is 5.69. The summed E-state index contributed by atoms with van der Waals surface area (Å²) in [5, 5.41) is 4.43. The Morgan fingerprint density at radius 2 is 1.81 bits per heavy atom. The Bertz CT molecular complexity index is 921. The first kappa shape index (κ1) is 25.3. The third kappa shape index (κ3) is 7.30. The zero-order chi connectivity index (χ0) is 23.0. The molecular weight excluding hydrogens is 459 g/mol. The number of benzene rings is 2. The third-order valence-electron chi connectivity index (χ3n) is 4.78. The first-order valence-electron chi connectivity index (χ1n) is 10.2. The number of aryl methyl sites for hydroxylation is 1. The number of carbonyl (C=O) groups is 2. The SMILES string of the molecule is CCCNC(=O)[C@H](CC)N(Cc1ccc(Cl)cc1Cl)C(=O)COc1ccc(Cl)c(C)c1. The summed E-state index contributed by atoms with van der Waals surface area (Å²) in [6.45, 7) is 6.18. The molecule has 0 aliphatic carbocycles. The molecule has 0 radical (unpaired) electrons. The van der Waals surface area contributed by atoms with Crippen LogP contribution in [0.5, 0.6) is 5.75 Å². The van der Waals surface area contributed by atoms with Crippen molar-refractivity contribution < 1.29 is 14.3 Å². The summed E-state index contributed by atoms with van der Waals surface area (Å²) in [7, 11) is 0. The maximum absolute atomic E-state index is 13.2. The monoisotopic (exact) mass is 484 g/mol. The van der Waals surface area contributed by atoms with Crippen molar-refractivity contribution >= 4 is 46.6 Å². The molecule has 0 saturated heterocycles. The number of nitrogens with zero attached hydrogens (tertiary/aromatic N) is 1. The van der Waals surface area contributed by atoms with Crippen LogP contribution in [0.2, 0.25) is 15.1 Å². The van der Waals surface area contributed by atoms with Crippen LogP contribution in [-0.4, -0.2) is 35.9 Å². The van der Waals surface area contributed by atoms with Crippen molar-refractivity contribution in [2.24, 2.45) is 0 Å². The molecule has 1 N–H and O–H groups in total. The highest BCUT2D eigenvalue weighted by Crippen LogP contribution is 2.24. The van der Waals surface area contributed by atoms with E-state index in [1.807, 2.05) is 20.8 Å². The standard InChI is InChI=1S/C23H27Cl3N2O3/c1-4-10-27-23(30)21(5-2)28(13-16-6-7-17(24)12-20(16)26)22(29)14-31-18-8-9-19(25)15(3)11-18/h6-9,11-12,21H,4-5,10,13-14H2,1-3H3,(H,27,30)/t21-/m0/s1. The van der Waals surface area contributed by atoms with Gasteiger partial charge in [0.2, 0.25) is 5.91 Å². The van der Waals surface area contributed by atoms with Crippen LogP contribution in [0.25, 0.3) is 0 Å². The minimum Gasteiger partial charge on any atom is -0.484 e. The molecule has 8 heteroatoms. The highest BCUT2D eigenvalue weighted by molar-refractivity contribution is 6.35. The van der Waals surface area contributed by atoms with E-state index in [0.717, 1.165) is 12.0 Å². The number of amides is 2. The number of hydrogen-bond donors (Lipinski definition) is 1. The molecular formula is C23H27Cl3N2O3. The van der Waals surface area contributed by atoms with Gasteiger partial charge in [-0.3, -0.25) is 9.59 Å². The largest absolute Gasteiger partial charge is 0.484 e. The molecule has 31 heavy (non-hydrogen) atoms. The summed E-state index contributed by atoms with van der Waals surface area (Å²) in [6.07, 6.45) is 1.25. The maximum Gasteiger partial charge on any atom is 0.261 e. The smallest absolute Gasteiger partial charge is 0.261 e. The second kappa shape index (κ2) is 12.2. The number of halogens is 3. The van der Waals surface area contributed by atoms with Crippen molar-refractivity contribution in [3.63, 3.8) is 0 Å². The Hall–Kier alpha value is -1.95. The van der Waals surface area contributed by atoms with Crippen molar-refractivity contribution in [1.29, 1.82) is 0 Å². The number of nitrogens with one attached hydrogen (secondary N) is 1. The lowest BCUT2D eigenvalue weighted by Crippen LogP contribution is -2.50. The van der Waals surface area contributed by atoms with Crippen LogP contribution in [0.3, 0.4) is 0 Å². The van der Waals surface area contributed by atoms with Gasteiger partial charge in [0.1, 0.15) is 11.8 Å². The summed E-state index contributed by atoms with van der Waals surface area (Å²) in [6, 6.07) is 9.61. The molecule has 0 saturated carbocycles. The van der Waals surface area contributed by atoms with Gasteiger partial charge in [0.25, 0.3) is 5.91 Å². The van der Waals surface area contributed by atoms with Gasteiger partial charge in [0, 0.05) is 28.2 Å².